The fourth-order valence-electron chi connectivity index (χ4n) is 1.73. The Hall–Kier alpha value is -0.280. The van der Waals surface area contributed by atoms with E-state index in [1.807, 2.05) is 6.07 Å². The van der Waals surface area contributed by atoms with Gasteiger partial charge in [0.2, 0.25) is 0 Å². The lowest BCUT2D eigenvalue weighted by Crippen LogP contribution is -2.32. The van der Waals surface area contributed by atoms with Gasteiger partial charge >= 0.3 is 0 Å². The average molecular weight is 337 g/mol. The number of nitrogens with zero attached hydrogens (tertiary/aromatic N) is 1. The SMILES string of the molecule is OC[C@H]1O[C@@H](c2cccc(I)n2)[C@H](O)[C@@H]1O. The number of pyridine rings is 1. The van der Waals surface area contributed by atoms with Gasteiger partial charge in [-0.15, -0.1) is 0 Å². The summed E-state index contributed by atoms with van der Waals surface area (Å²) in [5.74, 6) is 0. The molecule has 88 valence electrons. The second kappa shape index (κ2) is 4.92. The molecule has 0 aliphatic carbocycles. The Kier molecular flexibility index (Phi) is 3.75. The van der Waals surface area contributed by atoms with Crippen LogP contribution >= 0.6 is 22.6 Å². The van der Waals surface area contributed by atoms with Crippen LogP contribution in [0.25, 0.3) is 0 Å². The van der Waals surface area contributed by atoms with Crippen molar-refractivity contribution in [2.45, 2.75) is 24.4 Å². The molecule has 16 heavy (non-hydrogen) atoms. The molecule has 0 radical (unpaired) electrons. The molecule has 0 bridgehead atoms. The third kappa shape index (κ3) is 2.21. The summed E-state index contributed by atoms with van der Waals surface area (Å²) in [4.78, 5) is 4.22. The first kappa shape index (κ1) is 12.2. The van der Waals surface area contributed by atoms with Crippen molar-refractivity contribution >= 4 is 22.6 Å². The van der Waals surface area contributed by atoms with E-state index < -0.39 is 24.4 Å². The van der Waals surface area contributed by atoms with Crippen LogP contribution in [0.15, 0.2) is 18.2 Å². The van der Waals surface area contributed by atoms with Gasteiger partial charge in [0.05, 0.1) is 12.3 Å². The Labute approximate surface area is 106 Å². The van der Waals surface area contributed by atoms with E-state index in [1.165, 1.54) is 0 Å². The molecule has 1 aromatic heterocycles. The van der Waals surface area contributed by atoms with Crippen molar-refractivity contribution in [2.24, 2.45) is 0 Å². The maximum Gasteiger partial charge on any atom is 0.128 e. The molecule has 1 aliphatic rings. The fourth-order valence-corrected chi connectivity index (χ4v) is 2.21. The second-order valence-electron chi connectivity index (χ2n) is 3.64. The molecular weight excluding hydrogens is 325 g/mol. The summed E-state index contributed by atoms with van der Waals surface area (Å²) in [5, 5.41) is 28.3. The topological polar surface area (TPSA) is 82.8 Å². The van der Waals surface area contributed by atoms with Crippen molar-refractivity contribution in [3.8, 4) is 0 Å². The number of aliphatic hydroxyl groups is 3. The van der Waals surface area contributed by atoms with Crippen LogP contribution in [-0.4, -0.2) is 45.2 Å². The zero-order chi connectivity index (χ0) is 11.7. The number of hydrogen-bond donors (Lipinski definition) is 3. The van der Waals surface area contributed by atoms with Crippen molar-refractivity contribution in [3.63, 3.8) is 0 Å². The zero-order valence-electron chi connectivity index (χ0n) is 8.32. The van der Waals surface area contributed by atoms with Gasteiger partial charge in [-0.3, -0.25) is 0 Å². The number of aliphatic hydroxyl groups excluding tert-OH is 3. The molecule has 0 aromatic carbocycles. The highest BCUT2D eigenvalue weighted by atomic mass is 127. The molecule has 0 spiro atoms. The van der Waals surface area contributed by atoms with Crippen LogP contribution in [0, 0.1) is 3.70 Å². The van der Waals surface area contributed by atoms with Crippen molar-refractivity contribution in [2.75, 3.05) is 6.61 Å². The highest BCUT2D eigenvalue weighted by molar-refractivity contribution is 14.1. The Bertz CT molecular complexity index is 376. The number of hydrogen-bond acceptors (Lipinski definition) is 5. The largest absolute Gasteiger partial charge is 0.394 e. The first-order valence-electron chi connectivity index (χ1n) is 4.88. The standard InChI is InChI=1S/C10H12INO4/c11-7-3-1-2-5(12-7)10-9(15)8(14)6(4-13)16-10/h1-3,6,8-10,13-15H,4H2/t6-,8-,9-,10+/m1/s1. The van der Waals surface area contributed by atoms with Crippen LogP contribution in [0.2, 0.25) is 0 Å². The zero-order valence-corrected chi connectivity index (χ0v) is 10.5. The van der Waals surface area contributed by atoms with Crippen molar-refractivity contribution in [1.29, 1.82) is 0 Å². The number of rotatable bonds is 2. The van der Waals surface area contributed by atoms with Gasteiger partial charge in [-0.1, -0.05) is 6.07 Å². The maximum atomic E-state index is 9.77. The van der Waals surface area contributed by atoms with Gasteiger partial charge < -0.3 is 20.1 Å². The van der Waals surface area contributed by atoms with Crippen LogP contribution in [0.5, 0.6) is 0 Å². The number of ether oxygens (including phenoxy) is 1. The summed E-state index contributed by atoms with van der Waals surface area (Å²) in [6, 6.07) is 5.35. The van der Waals surface area contributed by atoms with Crippen molar-refractivity contribution < 1.29 is 20.1 Å². The molecule has 0 unspecified atom stereocenters. The molecule has 4 atom stereocenters. The lowest BCUT2D eigenvalue weighted by Gasteiger charge is -2.13. The average Bonchev–Trinajstić information content (AvgIpc) is 2.56. The Morgan fingerprint density at radius 2 is 2.06 bits per heavy atom. The smallest absolute Gasteiger partial charge is 0.128 e. The monoisotopic (exact) mass is 337 g/mol. The van der Waals surface area contributed by atoms with E-state index in [1.54, 1.807) is 12.1 Å². The van der Waals surface area contributed by atoms with Crippen LogP contribution in [0.3, 0.4) is 0 Å². The molecule has 0 saturated carbocycles. The summed E-state index contributed by atoms with van der Waals surface area (Å²) >= 11 is 2.06. The minimum absolute atomic E-state index is 0.321. The molecule has 2 heterocycles. The first-order chi connectivity index (χ1) is 7.63. The van der Waals surface area contributed by atoms with E-state index in [2.05, 4.69) is 27.6 Å². The first-order valence-corrected chi connectivity index (χ1v) is 5.96. The predicted molar refractivity (Wildman–Crippen MR) is 63.7 cm³/mol. The van der Waals surface area contributed by atoms with E-state index in [0.717, 1.165) is 3.70 Å². The summed E-state index contributed by atoms with van der Waals surface area (Å²) in [7, 11) is 0. The summed E-state index contributed by atoms with van der Waals surface area (Å²) in [6.07, 6.45) is -3.56. The van der Waals surface area contributed by atoms with Gasteiger partial charge in [-0.25, -0.2) is 4.98 Å². The van der Waals surface area contributed by atoms with Crippen molar-refractivity contribution in [3.05, 3.63) is 27.6 Å². The molecule has 3 N–H and O–H groups in total. The second-order valence-corrected chi connectivity index (χ2v) is 4.75. The highest BCUT2D eigenvalue weighted by Crippen LogP contribution is 2.32. The normalized spacial score (nSPS) is 34.2. The quantitative estimate of drug-likeness (QED) is 0.516. The van der Waals surface area contributed by atoms with Crippen LogP contribution in [-0.2, 0) is 4.74 Å². The molecule has 5 nitrogen and oxygen atoms in total. The Morgan fingerprint density at radius 1 is 1.31 bits per heavy atom. The van der Waals surface area contributed by atoms with Gasteiger partial charge in [0.1, 0.15) is 28.1 Å². The minimum Gasteiger partial charge on any atom is -0.394 e. The maximum absolute atomic E-state index is 9.77. The van der Waals surface area contributed by atoms with E-state index in [-0.39, 0.29) is 6.61 Å². The summed E-state index contributed by atoms with van der Waals surface area (Å²) in [6.45, 7) is -0.321. The summed E-state index contributed by atoms with van der Waals surface area (Å²) in [5.41, 5.74) is 0.564. The molecule has 1 aromatic rings. The van der Waals surface area contributed by atoms with Crippen LogP contribution in [0.4, 0.5) is 0 Å². The summed E-state index contributed by atoms with van der Waals surface area (Å²) < 4.78 is 6.15. The molecule has 1 fully saturated rings. The van der Waals surface area contributed by atoms with Gasteiger partial charge in [0, 0.05) is 0 Å². The Balaban J connectivity index is 2.23. The Morgan fingerprint density at radius 3 is 2.62 bits per heavy atom. The minimum atomic E-state index is -1.07. The molecule has 0 amide bonds. The van der Waals surface area contributed by atoms with Gasteiger partial charge in [0.25, 0.3) is 0 Å². The lowest BCUT2D eigenvalue weighted by atomic mass is 10.1. The van der Waals surface area contributed by atoms with E-state index in [4.69, 9.17) is 9.84 Å². The lowest BCUT2D eigenvalue weighted by molar-refractivity contribution is -0.0239. The fraction of sp³-hybridized carbons (Fsp3) is 0.500. The molecule has 6 heteroatoms. The van der Waals surface area contributed by atoms with Crippen molar-refractivity contribution in [1.82, 2.24) is 4.98 Å². The van der Waals surface area contributed by atoms with E-state index in [9.17, 15) is 10.2 Å². The van der Waals surface area contributed by atoms with Gasteiger partial charge in [-0.05, 0) is 34.7 Å². The number of aromatic nitrogens is 1. The molecule has 2 rings (SSSR count). The van der Waals surface area contributed by atoms with Crippen LogP contribution < -0.4 is 0 Å². The molecular formula is C10H12INO4. The van der Waals surface area contributed by atoms with Crippen LogP contribution in [0.1, 0.15) is 11.8 Å². The van der Waals surface area contributed by atoms with E-state index >= 15 is 0 Å². The number of halogens is 1. The third-order valence-electron chi connectivity index (χ3n) is 2.57. The van der Waals surface area contributed by atoms with E-state index in [0.29, 0.717) is 5.69 Å². The third-order valence-corrected chi connectivity index (χ3v) is 3.17. The molecule has 1 aliphatic heterocycles. The molecule has 1 saturated heterocycles. The van der Waals surface area contributed by atoms with Gasteiger partial charge in [0.15, 0.2) is 0 Å². The predicted octanol–water partition coefficient (Wildman–Crippen LogP) is -0.160. The highest BCUT2D eigenvalue weighted by Gasteiger charge is 2.43. The van der Waals surface area contributed by atoms with Gasteiger partial charge in [-0.2, -0.15) is 0 Å².